The number of fused-ring (bicyclic) bond motifs is 1. The van der Waals surface area contributed by atoms with Crippen molar-refractivity contribution in [3.63, 3.8) is 0 Å². The summed E-state index contributed by atoms with van der Waals surface area (Å²) in [7, 11) is -1.87. The molecule has 0 aliphatic carbocycles. The Morgan fingerprint density at radius 2 is 1.76 bits per heavy atom. The van der Waals surface area contributed by atoms with Crippen LogP contribution in [0.25, 0.3) is 0 Å². The lowest BCUT2D eigenvalue weighted by Crippen LogP contribution is -3.13. The standard InChI is InChI=1S/C21H26N2O5S/c1-16-3-5-19(26-2)17(13-16)15-22-7-9-23(10-8-22)29(24,25)18-4-6-20-21(14-18)28-12-11-27-20/h3-6,13-14H,7-12,15H2,1-2H3/p+1. The lowest BCUT2D eigenvalue weighted by Gasteiger charge is -2.32. The van der Waals surface area contributed by atoms with E-state index in [-0.39, 0.29) is 4.90 Å². The molecule has 1 fully saturated rings. The summed E-state index contributed by atoms with van der Waals surface area (Å²) in [5, 5.41) is 0. The number of ether oxygens (including phenoxy) is 3. The van der Waals surface area contributed by atoms with E-state index in [2.05, 4.69) is 13.0 Å². The second-order valence-corrected chi connectivity index (χ2v) is 9.39. The number of sulfonamides is 1. The highest BCUT2D eigenvalue weighted by molar-refractivity contribution is 7.89. The van der Waals surface area contributed by atoms with Crippen LogP contribution in [0.1, 0.15) is 11.1 Å². The van der Waals surface area contributed by atoms with Crippen molar-refractivity contribution < 1.29 is 27.5 Å². The molecule has 0 aromatic heterocycles. The van der Waals surface area contributed by atoms with Crippen LogP contribution in [-0.4, -0.2) is 59.2 Å². The molecule has 0 bridgehead atoms. The SMILES string of the molecule is COc1ccc(C)cc1C[NH+]1CCN(S(=O)(=O)c2ccc3c(c2)OCCO3)CC1. The summed E-state index contributed by atoms with van der Waals surface area (Å²) in [6.07, 6.45) is 0. The first kappa shape index (κ1) is 20.0. The number of piperazine rings is 1. The normalized spacial score (nSPS) is 17.9. The van der Waals surface area contributed by atoms with Crippen LogP contribution in [0.3, 0.4) is 0 Å². The van der Waals surface area contributed by atoms with Crippen LogP contribution >= 0.6 is 0 Å². The number of hydrogen-bond donors (Lipinski definition) is 1. The molecule has 2 aliphatic heterocycles. The van der Waals surface area contributed by atoms with Gasteiger partial charge in [-0.1, -0.05) is 11.6 Å². The number of nitrogens with zero attached hydrogens (tertiary/aromatic N) is 1. The Morgan fingerprint density at radius 3 is 2.48 bits per heavy atom. The monoisotopic (exact) mass is 419 g/mol. The lowest BCUT2D eigenvalue weighted by atomic mass is 10.1. The molecule has 0 radical (unpaired) electrons. The third kappa shape index (κ3) is 4.19. The topological polar surface area (TPSA) is 69.5 Å². The van der Waals surface area contributed by atoms with Gasteiger partial charge in [-0.15, -0.1) is 0 Å². The van der Waals surface area contributed by atoms with Gasteiger partial charge in [0.05, 0.1) is 38.2 Å². The molecule has 0 spiro atoms. The van der Waals surface area contributed by atoms with Crippen molar-refractivity contribution in [2.45, 2.75) is 18.4 Å². The van der Waals surface area contributed by atoms with Gasteiger partial charge in [-0.2, -0.15) is 4.31 Å². The van der Waals surface area contributed by atoms with Gasteiger partial charge in [0.15, 0.2) is 11.5 Å². The predicted octanol–water partition coefficient (Wildman–Crippen LogP) is 0.864. The minimum absolute atomic E-state index is 0.255. The van der Waals surface area contributed by atoms with E-state index < -0.39 is 10.0 Å². The summed E-state index contributed by atoms with van der Waals surface area (Å²) in [6, 6.07) is 11.0. The van der Waals surface area contributed by atoms with Gasteiger partial charge in [-0.05, 0) is 31.2 Å². The van der Waals surface area contributed by atoms with Crippen molar-refractivity contribution in [3.8, 4) is 17.2 Å². The smallest absolute Gasteiger partial charge is 0.243 e. The van der Waals surface area contributed by atoms with Crippen molar-refractivity contribution in [1.82, 2.24) is 4.31 Å². The fourth-order valence-electron chi connectivity index (χ4n) is 3.87. The van der Waals surface area contributed by atoms with Crippen LogP contribution in [0, 0.1) is 6.92 Å². The van der Waals surface area contributed by atoms with E-state index in [4.69, 9.17) is 14.2 Å². The molecule has 1 N–H and O–H groups in total. The third-order valence-corrected chi connectivity index (χ3v) is 7.35. The summed E-state index contributed by atoms with van der Waals surface area (Å²) in [5.74, 6) is 1.97. The van der Waals surface area contributed by atoms with Gasteiger partial charge in [0, 0.05) is 11.6 Å². The number of benzene rings is 2. The molecule has 29 heavy (non-hydrogen) atoms. The highest BCUT2D eigenvalue weighted by Crippen LogP contribution is 2.33. The number of rotatable bonds is 5. The molecule has 2 aromatic rings. The van der Waals surface area contributed by atoms with Crippen LogP contribution in [0.15, 0.2) is 41.3 Å². The molecule has 7 nitrogen and oxygen atoms in total. The Bertz CT molecular complexity index is 985. The van der Waals surface area contributed by atoms with Gasteiger partial charge in [-0.25, -0.2) is 8.42 Å². The van der Waals surface area contributed by atoms with Gasteiger partial charge in [0.25, 0.3) is 0 Å². The molecule has 2 aliphatic rings. The van der Waals surface area contributed by atoms with Crippen LogP contribution in [0.2, 0.25) is 0 Å². The Hall–Kier alpha value is -2.29. The summed E-state index contributed by atoms with van der Waals surface area (Å²) in [4.78, 5) is 1.60. The van der Waals surface area contributed by atoms with Crippen molar-refractivity contribution >= 4 is 10.0 Å². The van der Waals surface area contributed by atoms with Crippen LogP contribution in [-0.2, 0) is 16.6 Å². The molecule has 8 heteroatoms. The summed E-state index contributed by atoms with van der Waals surface area (Å²) < 4.78 is 44.2. The molecular weight excluding hydrogens is 392 g/mol. The maximum Gasteiger partial charge on any atom is 0.243 e. The van der Waals surface area contributed by atoms with E-state index in [0.29, 0.717) is 37.8 Å². The first-order valence-electron chi connectivity index (χ1n) is 9.84. The molecule has 0 unspecified atom stereocenters. The van der Waals surface area contributed by atoms with Crippen molar-refractivity contribution in [2.75, 3.05) is 46.5 Å². The van der Waals surface area contributed by atoms with E-state index in [9.17, 15) is 8.42 Å². The van der Waals surface area contributed by atoms with Gasteiger partial charge < -0.3 is 19.1 Å². The molecule has 156 valence electrons. The molecule has 2 heterocycles. The zero-order chi connectivity index (χ0) is 20.4. The van der Waals surface area contributed by atoms with Gasteiger partial charge in [0.2, 0.25) is 10.0 Å². The Kier molecular flexibility index (Phi) is 5.67. The average Bonchev–Trinajstić information content (AvgIpc) is 2.74. The Morgan fingerprint density at radius 1 is 1.03 bits per heavy atom. The number of nitrogens with one attached hydrogen (secondary N) is 1. The first-order chi connectivity index (χ1) is 14.0. The van der Waals surface area contributed by atoms with E-state index in [1.54, 1.807) is 29.6 Å². The highest BCUT2D eigenvalue weighted by atomic mass is 32.2. The second-order valence-electron chi connectivity index (χ2n) is 7.45. The molecular formula is C21H27N2O5S+. The minimum atomic E-state index is -3.55. The van der Waals surface area contributed by atoms with Crippen molar-refractivity contribution in [3.05, 3.63) is 47.5 Å². The van der Waals surface area contributed by atoms with E-state index in [1.807, 2.05) is 12.1 Å². The number of quaternary nitrogens is 1. The maximum absolute atomic E-state index is 13.1. The fourth-order valence-corrected chi connectivity index (χ4v) is 5.33. The van der Waals surface area contributed by atoms with Gasteiger partial charge in [0.1, 0.15) is 25.5 Å². The van der Waals surface area contributed by atoms with E-state index in [0.717, 1.165) is 30.9 Å². The van der Waals surface area contributed by atoms with Crippen molar-refractivity contribution in [2.24, 2.45) is 0 Å². The van der Waals surface area contributed by atoms with Crippen LogP contribution in [0.4, 0.5) is 0 Å². The molecule has 0 amide bonds. The second kappa shape index (κ2) is 8.22. The van der Waals surface area contributed by atoms with Crippen LogP contribution < -0.4 is 19.1 Å². The predicted molar refractivity (Wildman–Crippen MR) is 108 cm³/mol. The van der Waals surface area contributed by atoms with E-state index in [1.165, 1.54) is 10.5 Å². The average molecular weight is 420 g/mol. The Balaban J connectivity index is 1.43. The lowest BCUT2D eigenvalue weighted by molar-refractivity contribution is -0.917. The van der Waals surface area contributed by atoms with Gasteiger partial charge in [-0.3, -0.25) is 0 Å². The zero-order valence-corrected chi connectivity index (χ0v) is 17.6. The zero-order valence-electron chi connectivity index (χ0n) is 16.8. The third-order valence-electron chi connectivity index (χ3n) is 5.46. The van der Waals surface area contributed by atoms with E-state index >= 15 is 0 Å². The minimum Gasteiger partial charge on any atom is -0.496 e. The number of methoxy groups -OCH3 is 1. The molecule has 0 saturated carbocycles. The number of hydrogen-bond acceptors (Lipinski definition) is 5. The molecule has 4 rings (SSSR count). The number of aryl methyl sites for hydroxylation is 1. The van der Waals surface area contributed by atoms with Gasteiger partial charge >= 0.3 is 0 Å². The maximum atomic E-state index is 13.1. The quantitative estimate of drug-likeness (QED) is 0.779. The molecule has 2 aromatic carbocycles. The fraction of sp³-hybridized carbons (Fsp3) is 0.429. The Labute approximate surface area is 171 Å². The molecule has 0 atom stereocenters. The molecule has 1 saturated heterocycles. The summed E-state index contributed by atoms with van der Waals surface area (Å²) in [6.45, 7) is 6.28. The van der Waals surface area contributed by atoms with Crippen molar-refractivity contribution in [1.29, 1.82) is 0 Å². The summed E-state index contributed by atoms with van der Waals surface area (Å²) in [5.41, 5.74) is 2.35. The van der Waals surface area contributed by atoms with Crippen LogP contribution in [0.5, 0.6) is 17.2 Å². The highest BCUT2D eigenvalue weighted by Gasteiger charge is 2.31. The largest absolute Gasteiger partial charge is 0.496 e. The summed E-state index contributed by atoms with van der Waals surface area (Å²) >= 11 is 0. The first-order valence-corrected chi connectivity index (χ1v) is 11.3.